The smallest absolute Gasteiger partial charge is 0.143 e. The van der Waals surface area contributed by atoms with Gasteiger partial charge in [0.05, 0.1) is 5.69 Å². The van der Waals surface area contributed by atoms with Gasteiger partial charge in [-0.2, -0.15) is 5.26 Å². The zero-order valence-electron chi connectivity index (χ0n) is 9.67. The Kier molecular flexibility index (Phi) is 3.94. The average molecular weight is 233 g/mol. The van der Waals surface area contributed by atoms with Crippen molar-refractivity contribution in [3.8, 4) is 6.07 Å². The van der Waals surface area contributed by atoms with Gasteiger partial charge in [-0.05, 0) is 31.5 Å². The van der Waals surface area contributed by atoms with E-state index in [-0.39, 0.29) is 11.6 Å². The highest BCUT2D eigenvalue weighted by atomic mass is 19.1. The molecule has 3 nitrogen and oxygen atoms in total. The molecule has 1 saturated heterocycles. The second kappa shape index (κ2) is 5.65. The van der Waals surface area contributed by atoms with Crippen molar-refractivity contribution in [3.05, 3.63) is 29.6 Å². The number of nitrogens with zero attached hydrogens (tertiary/aromatic N) is 1. The van der Waals surface area contributed by atoms with Gasteiger partial charge in [-0.1, -0.05) is 12.5 Å². The minimum Gasteiger partial charge on any atom is -0.380 e. The van der Waals surface area contributed by atoms with Gasteiger partial charge in [-0.25, -0.2) is 4.39 Å². The summed E-state index contributed by atoms with van der Waals surface area (Å²) in [7, 11) is 0. The van der Waals surface area contributed by atoms with Crippen molar-refractivity contribution in [3.63, 3.8) is 0 Å². The van der Waals surface area contributed by atoms with E-state index in [2.05, 4.69) is 10.6 Å². The summed E-state index contributed by atoms with van der Waals surface area (Å²) in [6, 6.07) is 6.88. The van der Waals surface area contributed by atoms with Crippen molar-refractivity contribution in [1.82, 2.24) is 5.32 Å². The van der Waals surface area contributed by atoms with E-state index in [0.29, 0.717) is 5.69 Å². The number of anilines is 1. The molecule has 2 rings (SSSR count). The topological polar surface area (TPSA) is 47.9 Å². The lowest BCUT2D eigenvalue weighted by Gasteiger charge is -2.18. The Balaban J connectivity index is 2.12. The molecule has 0 bridgehead atoms. The van der Waals surface area contributed by atoms with E-state index in [0.717, 1.165) is 25.9 Å². The summed E-state index contributed by atoms with van der Waals surface area (Å²) in [5, 5.41) is 15.5. The molecule has 1 aromatic carbocycles. The van der Waals surface area contributed by atoms with Crippen molar-refractivity contribution in [2.75, 3.05) is 18.4 Å². The van der Waals surface area contributed by atoms with Crippen molar-refractivity contribution in [2.45, 2.75) is 25.3 Å². The minimum absolute atomic E-state index is 0.108. The Morgan fingerprint density at radius 2 is 2.29 bits per heavy atom. The third kappa shape index (κ3) is 2.95. The van der Waals surface area contributed by atoms with Gasteiger partial charge >= 0.3 is 0 Å². The average Bonchev–Trinajstić information content (AvgIpc) is 2.58. The lowest BCUT2D eigenvalue weighted by atomic mass is 10.1. The Morgan fingerprint density at radius 3 is 3.12 bits per heavy atom. The molecular formula is C13H16FN3. The number of hydrogen-bond donors (Lipinski definition) is 2. The Labute approximate surface area is 101 Å². The van der Waals surface area contributed by atoms with E-state index < -0.39 is 5.82 Å². The third-order valence-corrected chi connectivity index (χ3v) is 3.03. The van der Waals surface area contributed by atoms with Crippen molar-refractivity contribution in [1.29, 1.82) is 5.26 Å². The molecular weight excluding hydrogens is 217 g/mol. The summed E-state index contributed by atoms with van der Waals surface area (Å²) in [6.07, 6.45) is 3.38. The Hall–Kier alpha value is -1.60. The summed E-state index contributed by atoms with van der Waals surface area (Å²) in [6.45, 7) is 1.90. The van der Waals surface area contributed by atoms with Gasteiger partial charge in [0.15, 0.2) is 0 Å². The molecule has 4 heteroatoms. The molecule has 2 N–H and O–H groups in total. The van der Waals surface area contributed by atoms with E-state index >= 15 is 0 Å². The van der Waals surface area contributed by atoms with E-state index in [1.165, 1.54) is 12.5 Å². The zero-order valence-corrected chi connectivity index (χ0v) is 9.67. The van der Waals surface area contributed by atoms with Crippen LogP contribution in [0.5, 0.6) is 0 Å². The second-order valence-corrected chi connectivity index (χ2v) is 4.32. The van der Waals surface area contributed by atoms with Crippen molar-refractivity contribution >= 4 is 5.69 Å². The lowest BCUT2D eigenvalue weighted by molar-refractivity contribution is 0.618. The molecule has 0 amide bonds. The SMILES string of the molecule is N#Cc1c(F)cccc1NC1CCCCNC1. The predicted octanol–water partition coefficient (Wildman–Crippen LogP) is 2.25. The monoisotopic (exact) mass is 233 g/mol. The molecule has 0 aromatic heterocycles. The van der Waals surface area contributed by atoms with Crippen LogP contribution in [0.4, 0.5) is 10.1 Å². The van der Waals surface area contributed by atoms with Crippen LogP contribution in [-0.4, -0.2) is 19.1 Å². The first kappa shape index (κ1) is 11.9. The maximum absolute atomic E-state index is 13.4. The van der Waals surface area contributed by atoms with Crippen LogP contribution >= 0.6 is 0 Å². The highest BCUT2D eigenvalue weighted by Gasteiger charge is 2.14. The molecule has 0 aliphatic carbocycles. The van der Waals surface area contributed by atoms with Gasteiger partial charge in [-0.3, -0.25) is 0 Å². The first-order valence-corrected chi connectivity index (χ1v) is 5.97. The predicted molar refractivity (Wildman–Crippen MR) is 65.2 cm³/mol. The molecule has 0 radical (unpaired) electrons. The fourth-order valence-electron chi connectivity index (χ4n) is 2.12. The molecule has 1 unspecified atom stereocenters. The number of benzene rings is 1. The summed E-state index contributed by atoms with van der Waals surface area (Å²) in [4.78, 5) is 0. The van der Waals surface area contributed by atoms with E-state index in [1.807, 2.05) is 6.07 Å². The highest BCUT2D eigenvalue weighted by Crippen LogP contribution is 2.20. The van der Waals surface area contributed by atoms with E-state index in [1.54, 1.807) is 12.1 Å². The molecule has 0 spiro atoms. The number of hydrogen-bond acceptors (Lipinski definition) is 3. The van der Waals surface area contributed by atoms with Crippen LogP contribution in [-0.2, 0) is 0 Å². The van der Waals surface area contributed by atoms with Crippen LogP contribution in [0.3, 0.4) is 0 Å². The van der Waals surface area contributed by atoms with E-state index in [9.17, 15) is 4.39 Å². The molecule has 1 aliphatic rings. The fraction of sp³-hybridized carbons (Fsp3) is 0.462. The van der Waals surface area contributed by atoms with Gasteiger partial charge in [0.25, 0.3) is 0 Å². The van der Waals surface area contributed by atoms with Gasteiger partial charge in [0.1, 0.15) is 17.4 Å². The second-order valence-electron chi connectivity index (χ2n) is 4.32. The molecule has 0 saturated carbocycles. The number of nitrogens with one attached hydrogen (secondary N) is 2. The van der Waals surface area contributed by atoms with Gasteiger partial charge in [0.2, 0.25) is 0 Å². The van der Waals surface area contributed by atoms with Gasteiger partial charge in [0, 0.05) is 12.6 Å². The van der Waals surface area contributed by atoms with Gasteiger partial charge < -0.3 is 10.6 Å². The molecule has 1 aromatic rings. The highest BCUT2D eigenvalue weighted by molar-refractivity contribution is 5.58. The van der Waals surface area contributed by atoms with Crippen LogP contribution in [0, 0.1) is 17.1 Å². The molecule has 1 fully saturated rings. The van der Waals surface area contributed by atoms with Crippen LogP contribution < -0.4 is 10.6 Å². The maximum atomic E-state index is 13.4. The third-order valence-electron chi connectivity index (χ3n) is 3.03. The van der Waals surface area contributed by atoms with Crippen molar-refractivity contribution in [2.24, 2.45) is 0 Å². The summed E-state index contributed by atoms with van der Waals surface area (Å²) in [5.74, 6) is -0.459. The normalized spacial score (nSPS) is 20.4. The standard InChI is InChI=1S/C13H16FN3/c14-12-5-3-6-13(11(12)8-15)17-10-4-1-2-7-16-9-10/h3,5-6,10,16-17H,1-2,4,7,9H2. The molecule has 1 aliphatic heterocycles. The number of nitriles is 1. The number of rotatable bonds is 2. The van der Waals surface area contributed by atoms with Crippen LogP contribution in [0.25, 0.3) is 0 Å². The lowest BCUT2D eigenvalue weighted by Crippen LogP contribution is -2.31. The Morgan fingerprint density at radius 1 is 1.41 bits per heavy atom. The first-order valence-electron chi connectivity index (χ1n) is 5.97. The quantitative estimate of drug-likeness (QED) is 0.823. The molecule has 1 heterocycles. The zero-order chi connectivity index (χ0) is 12.1. The van der Waals surface area contributed by atoms with E-state index in [4.69, 9.17) is 5.26 Å². The van der Waals surface area contributed by atoms with Crippen LogP contribution in [0.2, 0.25) is 0 Å². The summed E-state index contributed by atoms with van der Waals surface area (Å²) >= 11 is 0. The van der Waals surface area contributed by atoms with Crippen LogP contribution in [0.15, 0.2) is 18.2 Å². The van der Waals surface area contributed by atoms with Gasteiger partial charge in [-0.15, -0.1) is 0 Å². The molecule has 90 valence electrons. The van der Waals surface area contributed by atoms with Crippen LogP contribution in [0.1, 0.15) is 24.8 Å². The fourth-order valence-corrected chi connectivity index (χ4v) is 2.12. The number of halogens is 1. The first-order chi connectivity index (χ1) is 8.31. The molecule has 17 heavy (non-hydrogen) atoms. The molecule has 1 atom stereocenters. The Bertz CT molecular complexity index is 417. The van der Waals surface area contributed by atoms with Crippen molar-refractivity contribution < 1.29 is 4.39 Å². The summed E-state index contributed by atoms with van der Waals surface area (Å²) < 4.78 is 13.4. The minimum atomic E-state index is -0.459. The summed E-state index contributed by atoms with van der Waals surface area (Å²) in [5.41, 5.74) is 0.706. The maximum Gasteiger partial charge on any atom is 0.143 e. The largest absolute Gasteiger partial charge is 0.380 e.